The first-order valence-corrected chi connectivity index (χ1v) is 7.06. The fourth-order valence-corrected chi connectivity index (χ4v) is 1.78. The minimum Gasteiger partial charge on any atom is -0.490 e. The van der Waals surface area contributed by atoms with Gasteiger partial charge in [-0.3, -0.25) is 0 Å². The molecule has 0 aliphatic rings. The maximum Gasteiger partial charge on any atom is 0.179 e. The van der Waals surface area contributed by atoms with E-state index < -0.39 is 0 Å². The smallest absolute Gasteiger partial charge is 0.179 e. The van der Waals surface area contributed by atoms with Crippen molar-refractivity contribution >= 4 is 17.8 Å². The standard InChI is InChI=1S/C14H21ClN2O3/c1-3-7-20-14-12(15)8-11(9-13(14)19-4-2)10-17-16-5-6-18/h8-10,16,18H,3-7H2,1-2H3. The molecule has 0 spiro atoms. The van der Waals surface area contributed by atoms with Crippen molar-refractivity contribution < 1.29 is 14.6 Å². The molecule has 0 amide bonds. The van der Waals surface area contributed by atoms with Gasteiger partial charge < -0.3 is 20.0 Å². The van der Waals surface area contributed by atoms with Gasteiger partial charge in [0.2, 0.25) is 0 Å². The average molecular weight is 301 g/mol. The molecule has 1 rings (SSSR count). The summed E-state index contributed by atoms with van der Waals surface area (Å²) in [5, 5.41) is 13.1. The van der Waals surface area contributed by atoms with Crippen molar-refractivity contribution in [3.63, 3.8) is 0 Å². The number of hydrogen-bond donors (Lipinski definition) is 2. The number of hydrazone groups is 1. The highest BCUT2D eigenvalue weighted by Crippen LogP contribution is 2.36. The molecule has 5 nitrogen and oxygen atoms in total. The molecule has 0 unspecified atom stereocenters. The molecule has 0 atom stereocenters. The maximum absolute atomic E-state index is 8.65. The Kier molecular flexibility index (Phi) is 7.84. The Balaban J connectivity index is 2.90. The van der Waals surface area contributed by atoms with Gasteiger partial charge in [-0.25, -0.2) is 0 Å². The SMILES string of the molecule is CCCOc1c(Cl)cc(C=NNCCO)cc1OCC. The van der Waals surface area contributed by atoms with Crippen molar-refractivity contribution in [2.45, 2.75) is 20.3 Å². The topological polar surface area (TPSA) is 63.1 Å². The van der Waals surface area contributed by atoms with Gasteiger partial charge in [-0.15, -0.1) is 0 Å². The molecule has 0 aliphatic heterocycles. The molecule has 1 aromatic rings. The minimum atomic E-state index is 0.0338. The molecule has 0 heterocycles. The lowest BCUT2D eigenvalue weighted by Crippen LogP contribution is -2.11. The summed E-state index contributed by atoms with van der Waals surface area (Å²) >= 11 is 6.22. The summed E-state index contributed by atoms with van der Waals surface area (Å²) in [5.74, 6) is 1.17. The molecule has 0 bridgehead atoms. The Labute approximate surface area is 124 Å². The van der Waals surface area contributed by atoms with Gasteiger partial charge >= 0.3 is 0 Å². The van der Waals surface area contributed by atoms with E-state index in [4.69, 9.17) is 26.2 Å². The van der Waals surface area contributed by atoms with Gasteiger partial charge in [-0.05, 0) is 31.0 Å². The van der Waals surface area contributed by atoms with Crippen LogP contribution in [0.4, 0.5) is 0 Å². The number of halogens is 1. The number of benzene rings is 1. The summed E-state index contributed by atoms with van der Waals surface area (Å²) in [4.78, 5) is 0. The lowest BCUT2D eigenvalue weighted by Gasteiger charge is -2.13. The van der Waals surface area contributed by atoms with Gasteiger partial charge in [-0.2, -0.15) is 5.10 Å². The molecule has 0 fully saturated rings. The maximum atomic E-state index is 8.65. The summed E-state index contributed by atoms with van der Waals surface area (Å²) in [6, 6.07) is 3.59. The molecule has 0 aliphatic carbocycles. The Morgan fingerprint density at radius 3 is 2.80 bits per heavy atom. The van der Waals surface area contributed by atoms with Crippen LogP contribution in [0.5, 0.6) is 11.5 Å². The van der Waals surface area contributed by atoms with E-state index in [0.717, 1.165) is 12.0 Å². The highest BCUT2D eigenvalue weighted by Gasteiger charge is 2.11. The summed E-state index contributed by atoms with van der Waals surface area (Å²) < 4.78 is 11.2. The van der Waals surface area contributed by atoms with Crippen LogP contribution in [0.2, 0.25) is 5.02 Å². The third-order valence-corrected chi connectivity index (χ3v) is 2.59. The number of hydrogen-bond acceptors (Lipinski definition) is 5. The van der Waals surface area contributed by atoms with Crippen LogP contribution in [0.3, 0.4) is 0 Å². The van der Waals surface area contributed by atoms with Crippen molar-refractivity contribution in [3.8, 4) is 11.5 Å². The van der Waals surface area contributed by atoms with Crippen LogP contribution in [0.15, 0.2) is 17.2 Å². The Morgan fingerprint density at radius 2 is 2.15 bits per heavy atom. The molecule has 0 saturated heterocycles. The van der Waals surface area contributed by atoms with Crippen LogP contribution in [-0.2, 0) is 0 Å². The van der Waals surface area contributed by atoms with E-state index in [2.05, 4.69) is 10.5 Å². The van der Waals surface area contributed by atoms with Gasteiger partial charge in [0.15, 0.2) is 11.5 Å². The van der Waals surface area contributed by atoms with Crippen molar-refractivity contribution in [3.05, 3.63) is 22.7 Å². The molecule has 6 heteroatoms. The Hall–Kier alpha value is -1.46. The predicted molar refractivity (Wildman–Crippen MR) is 81.1 cm³/mol. The summed E-state index contributed by atoms with van der Waals surface area (Å²) in [5.41, 5.74) is 3.51. The molecule has 0 saturated carbocycles. The summed E-state index contributed by atoms with van der Waals surface area (Å²) in [6.07, 6.45) is 2.52. The predicted octanol–water partition coefficient (Wildman–Crippen LogP) is 2.44. The molecular formula is C14H21ClN2O3. The fraction of sp³-hybridized carbons (Fsp3) is 0.500. The zero-order valence-electron chi connectivity index (χ0n) is 11.9. The second-order valence-corrected chi connectivity index (χ2v) is 4.41. The van der Waals surface area contributed by atoms with Crippen LogP contribution in [0, 0.1) is 0 Å². The zero-order valence-corrected chi connectivity index (χ0v) is 12.6. The highest BCUT2D eigenvalue weighted by atomic mass is 35.5. The van der Waals surface area contributed by atoms with Crippen molar-refractivity contribution in [1.82, 2.24) is 5.43 Å². The molecule has 0 radical (unpaired) electrons. The molecule has 1 aromatic carbocycles. The number of rotatable bonds is 9. The van der Waals surface area contributed by atoms with Gasteiger partial charge in [-0.1, -0.05) is 18.5 Å². The lowest BCUT2D eigenvalue weighted by molar-refractivity contribution is 0.277. The van der Waals surface area contributed by atoms with Crippen LogP contribution < -0.4 is 14.9 Å². The quantitative estimate of drug-likeness (QED) is 0.418. The zero-order chi connectivity index (χ0) is 14.8. The summed E-state index contributed by atoms with van der Waals surface area (Å²) in [7, 11) is 0. The Bertz CT molecular complexity index is 439. The first kappa shape index (κ1) is 16.6. The van der Waals surface area contributed by atoms with E-state index in [1.165, 1.54) is 0 Å². The van der Waals surface area contributed by atoms with Crippen LogP contribution in [0.1, 0.15) is 25.8 Å². The second kappa shape index (κ2) is 9.44. The van der Waals surface area contributed by atoms with E-state index in [1.807, 2.05) is 19.9 Å². The van der Waals surface area contributed by atoms with E-state index in [1.54, 1.807) is 12.3 Å². The molecule has 2 N–H and O–H groups in total. The monoisotopic (exact) mass is 300 g/mol. The van der Waals surface area contributed by atoms with Crippen molar-refractivity contribution in [2.75, 3.05) is 26.4 Å². The van der Waals surface area contributed by atoms with E-state index in [-0.39, 0.29) is 6.61 Å². The van der Waals surface area contributed by atoms with Crippen molar-refractivity contribution in [2.24, 2.45) is 5.10 Å². The second-order valence-electron chi connectivity index (χ2n) is 4.00. The van der Waals surface area contributed by atoms with Gasteiger partial charge in [0, 0.05) is 0 Å². The lowest BCUT2D eigenvalue weighted by atomic mass is 10.2. The first-order chi connectivity index (χ1) is 9.72. The van der Waals surface area contributed by atoms with Crippen LogP contribution in [-0.4, -0.2) is 37.7 Å². The largest absolute Gasteiger partial charge is 0.490 e. The number of aliphatic hydroxyl groups excluding tert-OH is 1. The molecule has 20 heavy (non-hydrogen) atoms. The Morgan fingerprint density at radius 1 is 1.35 bits per heavy atom. The number of ether oxygens (including phenoxy) is 2. The first-order valence-electron chi connectivity index (χ1n) is 6.68. The van der Waals surface area contributed by atoms with Gasteiger partial charge in [0.05, 0.1) is 37.6 Å². The normalized spacial score (nSPS) is 10.8. The fourth-order valence-electron chi connectivity index (χ4n) is 1.50. The summed E-state index contributed by atoms with van der Waals surface area (Å²) in [6.45, 7) is 5.49. The number of nitrogens with one attached hydrogen (secondary N) is 1. The third kappa shape index (κ3) is 5.27. The van der Waals surface area contributed by atoms with Gasteiger partial charge in [0.1, 0.15) is 0 Å². The highest BCUT2D eigenvalue weighted by molar-refractivity contribution is 6.32. The minimum absolute atomic E-state index is 0.0338. The van der Waals surface area contributed by atoms with Crippen LogP contribution in [0.25, 0.3) is 0 Å². The van der Waals surface area contributed by atoms with Crippen LogP contribution >= 0.6 is 11.6 Å². The molecule has 112 valence electrons. The molecule has 0 aromatic heterocycles. The van der Waals surface area contributed by atoms with E-state index in [9.17, 15) is 0 Å². The van der Waals surface area contributed by atoms with Gasteiger partial charge in [0.25, 0.3) is 0 Å². The molecular weight excluding hydrogens is 280 g/mol. The number of aliphatic hydroxyl groups is 1. The number of nitrogens with zero attached hydrogens (tertiary/aromatic N) is 1. The van der Waals surface area contributed by atoms with E-state index in [0.29, 0.717) is 36.3 Å². The third-order valence-electron chi connectivity index (χ3n) is 2.31. The van der Waals surface area contributed by atoms with E-state index >= 15 is 0 Å². The van der Waals surface area contributed by atoms with Crippen molar-refractivity contribution in [1.29, 1.82) is 0 Å². The average Bonchev–Trinajstić information content (AvgIpc) is 2.43.